The summed E-state index contributed by atoms with van der Waals surface area (Å²) in [5.41, 5.74) is 4.46. The van der Waals surface area contributed by atoms with Crippen LogP contribution in [0.4, 0.5) is 0 Å². The van der Waals surface area contributed by atoms with Gasteiger partial charge in [-0.3, -0.25) is 25.2 Å². The minimum Gasteiger partial charge on any atom is -0.494 e. The number of carbonyl (C=O) groups is 2. The Kier molecular flexibility index (Phi) is 7.35. The summed E-state index contributed by atoms with van der Waals surface area (Å²) in [7, 11) is 0. The van der Waals surface area contributed by atoms with E-state index in [1.54, 1.807) is 24.3 Å². The Morgan fingerprint density at radius 2 is 1.73 bits per heavy atom. The lowest BCUT2D eigenvalue weighted by molar-refractivity contribution is 0.0843. The SMILES string of the molecule is CCCCCCOc1ccc(C(=O)NNC(=O)c2ccc(=O)[nH]n2)cc1. The molecule has 1 aromatic carbocycles. The zero-order valence-corrected chi connectivity index (χ0v) is 14.6. The number of aromatic nitrogens is 2. The molecule has 0 atom stereocenters. The summed E-state index contributed by atoms with van der Waals surface area (Å²) in [5, 5.41) is 5.71. The first-order valence-electron chi connectivity index (χ1n) is 8.49. The van der Waals surface area contributed by atoms with Crippen LogP contribution in [0.1, 0.15) is 53.5 Å². The molecular formula is C18H22N4O4. The maximum atomic E-state index is 12.0. The molecule has 0 saturated heterocycles. The molecule has 0 aliphatic rings. The molecule has 0 bridgehead atoms. The number of aromatic amines is 1. The van der Waals surface area contributed by atoms with Gasteiger partial charge in [0, 0.05) is 11.6 Å². The number of unbranched alkanes of at least 4 members (excludes halogenated alkanes) is 3. The number of hydrazine groups is 1. The molecule has 0 spiro atoms. The first kappa shape index (κ1) is 19.2. The van der Waals surface area contributed by atoms with Crippen LogP contribution in [-0.2, 0) is 0 Å². The van der Waals surface area contributed by atoms with Gasteiger partial charge >= 0.3 is 0 Å². The Labute approximate surface area is 150 Å². The average molecular weight is 358 g/mol. The van der Waals surface area contributed by atoms with Crippen molar-refractivity contribution >= 4 is 11.8 Å². The van der Waals surface area contributed by atoms with E-state index in [-0.39, 0.29) is 5.69 Å². The molecule has 2 rings (SSSR count). The van der Waals surface area contributed by atoms with Crippen LogP contribution in [0.2, 0.25) is 0 Å². The molecule has 26 heavy (non-hydrogen) atoms. The molecule has 0 fully saturated rings. The predicted octanol–water partition coefficient (Wildman–Crippen LogP) is 1.80. The highest BCUT2D eigenvalue weighted by Gasteiger charge is 2.10. The van der Waals surface area contributed by atoms with E-state index in [0.29, 0.717) is 17.9 Å². The fraction of sp³-hybridized carbons (Fsp3) is 0.333. The Morgan fingerprint density at radius 1 is 1.00 bits per heavy atom. The van der Waals surface area contributed by atoms with Crippen molar-refractivity contribution in [1.29, 1.82) is 0 Å². The highest BCUT2D eigenvalue weighted by molar-refractivity contribution is 5.98. The van der Waals surface area contributed by atoms with E-state index in [0.717, 1.165) is 12.8 Å². The summed E-state index contributed by atoms with van der Waals surface area (Å²) < 4.78 is 5.61. The number of H-pyrrole nitrogens is 1. The van der Waals surface area contributed by atoms with E-state index in [1.165, 1.54) is 25.0 Å². The fourth-order valence-corrected chi connectivity index (χ4v) is 2.14. The summed E-state index contributed by atoms with van der Waals surface area (Å²) in [6.45, 7) is 2.80. The summed E-state index contributed by atoms with van der Waals surface area (Å²) >= 11 is 0. The van der Waals surface area contributed by atoms with Crippen LogP contribution in [0.3, 0.4) is 0 Å². The summed E-state index contributed by atoms with van der Waals surface area (Å²) in [6, 6.07) is 9.07. The number of carbonyl (C=O) groups excluding carboxylic acids is 2. The van der Waals surface area contributed by atoms with Gasteiger partial charge in [0.1, 0.15) is 5.75 Å². The van der Waals surface area contributed by atoms with Crippen LogP contribution < -0.4 is 21.1 Å². The van der Waals surface area contributed by atoms with Crippen LogP contribution in [0, 0.1) is 0 Å². The third-order valence-corrected chi connectivity index (χ3v) is 3.58. The molecule has 8 nitrogen and oxygen atoms in total. The number of ether oxygens (including phenoxy) is 1. The normalized spacial score (nSPS) is 10.2. The number of benzene rings is 1. The van der Waals surface area contributed by atoms with Crippen molar-refractivity contribution in [1.82, 2.24) is 21.0 Å². The number of hydrogen-bond acceptors (Lipinski definition) is 5. The van der Waals surface area contributed by atoms with Crippen LogP contribution >= 0.6 is 0 Å². The van der Waals surface area contributed by atoms with E-state index < -0.39 is 17.4 Å². The molecule has 1 heterocycles. The third kappa shape index (κ3) is 6.04. The Hall–Kier alpha value is -3.16. The van der Waals surface area contributed by atoms with Crippen LogP contribution in [-0.4, -0.2) is 28.6 Å². The van der Waals surface area contributed by atoms with Crippen LogP contribution in [0.15, 0.2) is 41.2 Å². The number of hydrogen-bond donors (Lipinski definition) is 3. The Morgan fingerprint density at radius 3 is 2.38 bits per heavy atom. The highest BCUT2D eigenvalue weighted by atomic mass is 16.5. The van der Waals surface area contributed by atoms with Gasteiger partial charge in [-0.2, -0.15) is 5.10 Å². The average Bonchev–Trinajstić information content (AvgIpc) is 2.66. The summed E-state index contributed by atoms with van der Waals surface area (Å²) in [6.07, 6.45) is 4.52. The fourth-order valence-electron chi connectivity index (χ4n) is 2.14. The molecule has 0 aliphatic carbocycles. The first-order chi connectivity index (χ1) is 12.6. The predicted molar refractivity (Wildman–Crippen MR) is 95.9 cm³/mol. The molecule has 0 unspecified atom stereocenters. The quantitative estimate of drug-likeness (QED) is 0.492. The zero-order valence-electron chi connectivity index (χ0n) is 14.6. The van der Waals surface area contributed by atoms with Gasteiger partial charge in [0.2, 0.25) is 0 Å². The van der Waals surface area contributed by atoms with Crippen LogP contribution in [0.5, 0.6) is 5.75 Å². The van der Waals surface area contributed by atoms with Crippen molar-refractivity contribution in [2.24, 2.45) is 0 Å². The van der Waals surface area contributed by atoms with Gasteiger partial charge in [0.15, 0.2) is 5.69 Å². The standard InChI is InChI=1S/C18H22N4O4/c1-2-3-4-5-12-26-14-8-6-13(7-9-14)17(24)21-22-18(25)15-10-11-16(23)20-19-15/h6-11H,2-5,12H2,1H3,(H,20,23)(H,21,24)(H,22,25). The maximum Gasteiger partial charge on any atom is 0.290 e. The van der Waals surface area contributed by atoms with Gasteiger partial charge in [-0.25, -0.2) is 5.10 Å². The Balaban J connectivity index is 1.79. The van der Waals surface area contributed by atoms with E-state index in [9.17, 15) is 14.4 Å². The van der Waals surface area contributed by atoms with E-state index >= 15 is 0 Å². The minimum absolute atomic E-state index is 0.0169. The number of rotatable bonds is 8. The Bertz CT molecular complexity index is 766. The van der Waals surface area contributed by atoms with Gasteiger partial charge in [-0.1, -0.05) is 26.2 Å². The van der Waals surface area contributed by atoms with Gasteiger partial charge < -0.3 is 4.74 Å². The van der Waals surface area contributed by atoms with E-state index in [4.69, 9.17) is 4.74 Å². The van der Waals surface area contributed by atoms with Gasteiger partial charge in [-0.05, 0) is 36.8 Å². The molecule has 3 N–H and O–H groups in total. The lowest BCUT2D eigenvalue weighted by Gasteiger charge is -2.08. The molecule has 0 saturated carbocycles. The molecule has 2 amide bonds. The molecule has 8 heteroatoms. The number of amides is 2. The van der Waals surface area contributed by atoms with Gasteiger partial charge in [0.25, 0.3) is 17.4 Å². The molecule has 1 aromatic heterocycles. The number of nitrogens with zero attached hydrogens (tertiary/aromatic N) is 1. The third-order valence-electron chi connectivity index (χ3n) is 3.58. The lowest BCUT2D eigenvalue weighted by atomic mass is 10.2. The molecule has 0 radical (unpaired) electrons. The lowest BCUT2D eigenvalue weighted by Crippen LogP contribution is -2.42. The second-order valence-electron chi connectivity index (χ2n) is 5.65. The van der Waals surface area contributed by atoms with E-state index in [2.05, 4.69) is 28.0 Å². The van der Waals surface area contributed by atoms with Crippen molar-refractivity contribution in [2.75, 3.05) is 6.61 Å². The van der Waals surface area contributed by atoms with E-state index in [1.807, 2.05) is 0 Å². The van der Waals surface area contributed by atoms with Crippen molar-refractivity contribution in [3.63, 3.8) is 0 Å². The maximum absolute atomic E-state index is 12.0. The molecular weight excluding hydrogens is 336 g/mol. The zero-order chi connectivity index (χ0) is 18.8. The van der Waals surface area contributed by atoms with Crippen molar-refractivity contribution < 1.29 is 14.3 Å². The second kappa shape index (κ2) is 9.97. The summed E-state index contributed by atoms with van der Waals surface area (Å²) in [4.78, 5) is 34.7. The monoisotopic (exact) mass is 358 g/mol. The second-order valence-corrected chi connectivity index (χ2v) is 5.65. The van der Waals surface area contributed by atoms with Gasteiger partial charge in [-0.15, -0.1) is 0 Å². The molecule has 2 aromatic rings. The number of nitrogens with one attached hydrogen (secondary N) is 3. The van der Waals surface area contributed by atoms with Gasteiger partial charge in [0.05, 0.1) is 6.61 Å². The molecule has 0 aliphatic heterocycles. The largest absolute Gasteiger partial charge is 0.494 e. The van der Waals surface area contributed by atoms with Crippen molar-refractivity contribution in [2.45, 2.75) is 32.6 Å². The van der Waals surface area contributed by atoms with Crippen LogP contribution in [0.25, 0.3) is 0 Å². The van der Waals surface area contributed by atoms with Crippen molar-refractivity contribution in [3.8, 4) is 5.75 Å². The first-order valence-corrected chi connectivity index (χ1v) is 8.49. The topological polar surface area (TPSA) is 113 Å². The smallest absolute Gasteiger partial charge is 0.290 e. The molecule has 138 valence electrons. The summed E-state index contributed by atoms with van der Waals surface area (Å²) in [5.74, 6) is -0.418. The highest BCUT2D eigenvalue weighted by Crippen LogP contribution is 2.13. The van der Waals surface area contributed by atoms with Crippen molar-refractivity contribution in [3.05, 3.63) is 58.0 Å². The minimum atomic E-state index is -0.637.